The molecule has 1 N–H and O–H groups in total. The summed E-state index contributed by atoms with van der Waals surface area (Å²) in [7, 11) is 5.19. The zero-order valence-corrected chi connectivity index (χ0v) is 18.4. The standard InChI is InChI=1S/C23H25N3O6/c1-14-12-16(8-9-18(14)32-4)21(27)19-20(15-6-5-7-17(13-15)26(30)31)25(11-10-24(2)3)23(29)22(19)28/h5-9,12-13,20,27H,10-11H2,1-4H3/t20-/m1/s1. The van der Waals surface area contributed by atoms with Crippen molar-refractivity contribution >= 4 is 23.1 Å². The van der Waals surface area contributed by atoms with Gasteiger partial charge in [-0.3, -0.25) is 19.7 Å². The van der Waals surface area contributed by atoms with Crippen LogP contribution in [-0.4, -0.2) is 65.8 Å². The molecule has 0 unspecified atom stereocenters. The van der Waals surface area contributed by atoms with Crippen molar-refractivity contribution in [3.05, 3.63) is 74.8 Å². The molecule has 0 spiro atoms. The first kappa shape index (κ1) is 23.0. The number of carbonyl (C=O) groups excluding carboxylic acids is 2. The van der Waals surface area contributed by atoms with Gasteiger partial charge in [0.05, 0.1) is 23.6 Å². The Morgan fingerprint density at radius 2 is 1.94 bits per heavy atom. The van der Waals surface area contributed by atoms with Crippen molar-refractivity contribution in [2.75, 3.05) is 34.3 Å². The van der Waals surface area contributed by atoms with Crippen molar-refractivity contribution in [1.29, 1.82) is 0 Å². The lowest BCUT2D eigenvalue weighted by Crippen LogP contribution is -2.35. The van der Waals surface area contributed by atoms with E-state index in [1.165, 1.54) is 30.2 Å². The first-order valence-corrected chi connectivity index (χ1v) is 9.98. The lowest BCUT2D eigenvalue weighted by molar-refractivity contribution is -0.384. The first-order chi connectivity index (χ1) is 15.1. The van der Waals surface area contributed by atoms with E-state index in [0.29, 0.717) is 23.4 Å². The Morgan fingerprint density at radius 3 is 2.53 bits per heavy atom. The average Bonchev–Trinajstić information content (AvgIpc) is 3.01. The highest BCUT2D eigenvalue weighted by Gasteiger charge is 2.46. The molecule has 1 atom stereocenters. The number of hydrogen-bond acceptors (Lipinski definition) is 7. The van der Waals surface area contributed by atoms with E-state index in [4.69, 9.17) is 4.74 Å². The Morgan fingerprint density at radius 1 is 1.22 bits per heavy atom. The largest absolute Gasteiger partial charge is 0.507 e. The number of carbonyl (C=O) groups is 2. The van der Waals surface area contributed by atoms with Gasteiger partial charge in [0.25, 0.3) is 17.4 Å². The Labute approximate surface area is 185 Å². The molecule has 1 amide bonds. The van der Waals surface area contributed by atoms with Crippen LogP contribution in [-0.2, 0) is 9.59 Å². The molecule has 0 aliphatic carbocycles. The fourth-order valence-electron chi connectivity index (χ4n) is 3.75. The van der Waals surface area contributed by atoms with Gasteiger partial charge in [0.1, 0.15) is 11.5 Å². The lowest BCUT2D eigenvalue weighted by Gasteiger charge is -2.26. The number of likely N-dealkylation sites (N-methyl/N-ethyl adjacent to an activating group) is 1. The van der Waals surface area contributed by atoms with E-state index in [1.54, 1.807) is 31.2 Å². The van der Waals surface area contributed by atoms with Gasteiger partial charge in [0, 0.05) is 30.8 Å². The number of non-ortho nitro benzene ring substituents is 1. The van der Waals surface area contributed by atoms with E-state index < -0.39 is 22.7 Å². The molecule has 3 rings (SSSR count). The molecule has 0 aromatic heterocycles. The van der Waals surface area contributed by atoms with Gasteiger partial charge in [-0.2, -0.15) is 0 Å². The number of rotatable bonds is 7. The highest BCUT2D eigenvalue weighted by atomic mass is 16.6. The van der Waals surface area contributed by atoms with E-state index in [1.807, 2.05) is 19.0 Å². The number of amides is 1. The molecule has 1 saturated heterocycles. The Balaban J connectivity index is 2.19. The van der Waals surface area contributed by atoms with Crippen LogP contribution in [0.25, 0.3) is 5.76 Å². The number of nitrogens with zero attached hydrogens (tertiary/aromatic N) is 3. The van der Waals surface area contributed by atoms with E-state index in [9.17, 15) is 24.8 Å². The number of hydrogen-bond donors (Lipinski definition) is 1. The number of aliphatic hydroxyl groups is 1. The Kier molecular flexibility index (Phi) is 6.59. The van der Waals surface area contributed by atoms with E-state index in [2.05, 4.69) is 0 Å². The molecular formula is C23H25N3O6. The highest BCUT2D eigenvalue weighted by Crippen LogP contribution is 2.40. The average molecular weight is 439 g/mol. The molecule has 1 heterocycles. The molecule has 0 bridgehead atoms. The first-order valence-electron chi connectivity index (χ1n) is 9.98. The van der Waals surface area contributed by atoms with E-state index in [0.717, 1.165) is 5.56 Å². The molecule has 32 heavy (non-hydrogen) atoms. The van der Waals surface area contributed by atoms with Crippen molar-refractivity contribution in [3.63, 3.8) is 0 Å². The number of ether oxygens (including phenoxy) is 1. The molecular weight excluding hydrogens is 414 g/mol. The monoisotopic (exact) mass is 439 g/mol. The summed E-state index contributed by atoms with van der Waals surface area (Å²) >= 11 is 0. The molecule has 168 valence electrons. The quantitative estimate of drug-likeness (QED) is 0.232. The van der Waals surface area contributed by atoms with Crippen LogP contribution in [0.15, 0.2) is 48.0 Å². The van der Waals surface area contributed by atoms with Gasteiger partial charge in [-0.05, 0) is 50.3 Å². The molecule has 9 nitrogen and oxygen atoms in total. The smallest absolute Gasteiger partial charge is 0.295 e. The number of nitro benzene ring substituents is 1. The molecule has 2 aromatic carbocycles. The Hall–Kier alpha value is -3.72. The summed E-state index contributed by atoms with van der Waals surface area (Å²) in [5.41, 5.74) is 1.21. The number of aryl methyl sites for hydroxylation is 1. The third-order valence-corrected chi connectivity index (χ3v) is 5.39. The van der Waals surface area contributed by atoms with Crippen molar-refractivity contribution in [1.82, 2.24) is 9.80 Å². The van der Waals surface area contributed by atoms with Crippen LogP contribution in [0.2, 0.25) is 0 Å². The van der Waals surface area contributed by atoms with E-state index >= 15 is 0 Å². The van der Waals surface area contributed by atoms with E-state index in [-0.39, 0.29) is 23.6 Å². The predicted molar refractivity (Wildman–Crippen MR) is 118 cm³/mol. The maximum atomic E-state index is 13.0. The number of aliphatic hydroxyl groups excluding tert-OH is 1. The summed E-state index contributed by atoms with van der Waals surface area (Å²) in [6.07, 6.45) is 0. The summed E-state index contributed by atoms with van der Waals surface area (Å²) in [5, 5.41) is 22.4. The number of methoxy groups -OCH3 is 1. The molecule has 9 heteroatoms. The summed E-state index contributed by atoms with van der Waals surface area (Å²) in [4.78, 5) is 39.9. The van der Waals surface area contributed by atoms with Gasteiger partial charge in [-0.15, -0.1) is 0 Å². The van der Waals surface area contributed by atoms with Crippen LogP contribution < -0.4 is 4.74 Å². The van der Waals surface area contributed by atoms with Gasteiger partial charge < -0.3 is 19.6 Å². The number of likely N-dealkylation sites (tertiary alicyclic amines) is 1. The van der Waals surface area contributed by atoms with Crippen LogP contribution in [0.1, 0.15) is 22.7 Å². The van der Waals surface area contributed by atoms with Crippen molar-refractivity contribution in [2.24, 2.45) is 0 Å². The second-order valence-electron chi connectivity index (χ2n) is 7.83. The maximum absolute atomic E-state index is 13.0. The fraction of sp³-hybridized carbons (Fsp3) is 0.304. The minimum absolute atomic E-state index is 0.0983. The number of benzene rings is 2. The van der Waals surface area contributed by atoms with Crippen molar-refractivity contribution < 1.29 is 24.4 Å². The minimum atomic E-state index is -0.947. The van der Waals surface area contributed by atoms with Crippen LogP contribution in [0.4, 0.5) is 5.69 Å². The topological polar surface area (TPSA) is 113 Å². The third kappa shape index (κ3) is 4.33. The van der Waals surface area contributed by atoms with Crippen molar-refractivity contribution in [2.45, 2.75) is 13.0 Å². The summed E-state index contributed by atoms with van der Waals surface area (Å²) < 4.78 is 5.25. The fourth-order valence-corrected chi connectivity index (χ4v) is 3.75. The summed E-state index contributed by atoms with van der Waals surface area (Å²) in [6.45, 7) is 2.48. The molecule has 1 fully saturated rings. The maximum Gasteiger partial charge on any atom is 0.295 e. The number of ketones is 1. The van der Waals surface area contributed by atoms with Crippen LogP contribution >= 0.6 is 0 Å². The number of nitro groups is 1. The third-order valence-electron chi connectivity index (χ3n) is 5.39. The highest BCUT2D eigenvalue weighted by molar-refractivity contribution is 6.46. The van der Waals surface area contributed by atoms with Crippen molar-refractivity contribution in [3.8, 4) is 5.75 Å². The summed E-state index contributed by atoms with van der Waals surface area (Å²) in [5.74, 6) is -1.30. The number of Topliss-reactive ketones (excluding diaryl/α,β-unsaturated/α-hetero) is 1. The van der Waals surface area contributed by atoms with Crippen LogP contribution in [0.5, 0.6) is 5.75 Å². The summed E-state index contributed by atoms with van der Waals surface area (Å²) in [6, 6.07) is 9.74. The van der Waals surface area contributed by atoms with Crippen LogP contribution in [0, 0.1) is 17.0 Å². The van der Waals surface area contributed by atoms with Gasteiger partial charge >= 0.3 is 0 Å². The molecule has 1 aliphatic heterocycles. The Bertz CT molecular complexity index is 1110. The molecule has 1 aliphatic rings. The zero-order valence-electron chi connectivity index (χ0n) is 18.4. The van der Waals surface area contributed by atoms with Gasteiger partial charge in [0.15, 0.2) is 0 Å². The second-order valence-corrected chi connectivity index (χ2v) is 7.83. The molecule has 2 aromatic rings. The second kappa shape index (κ2) is 9.19. The van der Waals surface area contributed by atoms with Crippen LogP contribution in [0.3, 0.4) is 0 Å². The predicted octanol–water partition coefficient (Wildman–Crippen LogP) is 2.90. The SMILES string of the molecule is COc1ccc(C(O)=C2C(=O)C(=O)N(CCN(C)C)[C@@H]2c2cccc([N+](=O)[O-])c2)cc1C. The van der Waals surface area contributed by atoms with Gasteiger partial charge in [-0.25, -0.2) is 0 Å². The van der Waals surface area contributed by atoms with Gasteiger partial charge in [-0.1, -0.05) is 12.1 Å². The normalized spacial score (nSPS) is 17.8. The minimum Gasteiger partial charge on any atom is -0.507 e. The van der Waals surface area contributed by atoms with Gasteiger partial charge in [0.2, 0.25) is 0 Å². The molecule has 0 radical (unpaired) electrons. The molecule has 0 saturated carbocycles. The lowest BCUT2D eigenvalue weighted by atomic mass is 9.94. The zero-order chi connectivity index (χ0) is 23.6.